The first kappa shape index (κ1) is 12.9. The predicted octanol–water partition coefficient (Wildman–Crippen LogP) is 2.28. The summed E-state index contributed by atoms with van der Waals surface area (Å²) in [5.74, 6) is 4.19. The highest BCUT2D eigenvalue weighted by atomic mass is 19.1. The fraction of sp³-hybridized carbons (Fsp3) is 0.143. The monoisotopic (exact) mass is 230 g/mol. The minimum absolute atomic E-state index is 0.0499. The quantitative estimate of drug-likeness (QED) is 0.338. The van der Waals surface area contributed by atoms with Gasteiger partial charge in [-0.1, -0.05) is 17.9 Å². The largest absolute Gasteiger partial charge is 0.294 e. The molecule has 86 valence electrons. The van der Waals surface area contributed by atoms with Gasteiger partial charge in [0.15, 0.2) is 11.6 Å². The van der Waals surface area contributed by atoms with Crippen molar-refractivity contribution < 1.29 is 14.0 Å². The van der Waals surface area contributed by atoms with E-state index in [-0.39, 0.29) is 23.0 Å². The van der Waals surface area contributed by atoms with Crippen LogP contribution in [-0.2, 0) is 9.59 Å². The number of hydrogen-bond acceptors (Lipinski definition) is 2. The first-order valence-corrected chi connectivity index (χ1v) is 5.00. The van der Waals surface area contributed by atoms with E-state index in [1.54, 1.807) is 12.1 Å². The number of halogens is 1. The van der Waals surface area contributed by atoms with E-state index in [1.807, 2.05) is 0 Å². The number of Topliss-reactive ketones (excluding diaryl/α,β-unsaturated/α-hetero) is 2. The minimum atomic E-state index is -0.376. The molecule has 2 nitrogen and oxygen atoms in total. The number of carbonyl (C=O) groups is 2. The van der Waals surface area contributed by atoms with Crippen LogP contribution in [0.25, 0.3) is 0 Å². The Balaban J connectivity index is 2.96. The van der Waals surface area contributed by atoms with Crippen LogP contribution < -0.4 is 0 Å². The second kappa shape index (κ2) is 5.76. The molecule has 0 aliphatic heterocycles. The first-order valence-electron chi connectivity index (χ1n) is 5.00. The Morgan fingerprint density at radius 3 is 2.41 bits per heavy atom. The highest BCUT2D eigenvalue weighted by Crippen LogP contribution is 2.02. The van der Waals surface area contributed by atoms with Crippen molar-refractivity contribution in [3.8, 4) is 11.8 Å². The molecule has 0 saturated carbocycles. The molecule has 0 amide bonds. The van der Waals surface area contributed by atoms with Gasteiger partial charge in [-0.15, -0.1) is 0 Å². The second-order valence-electron chi connectivity index (χ2n) is 3.45. The van der Waals surface area contributed by atoms with Gasteiger partial charge in [0.1, 0.15) is 5.82 Å². The zero-order valence-corrected chi connectivity index (χ0v) is 9.58. The van der Waals surface area contributed by atoms with E-state index in [0.29, 0.717) is 5.56 Å². The molecule has 0 spiro atoms. The third-order valence-corrected chi connectivity index (χ3v) is 2.02. The molecule has 0 atom stereocenters. The average molecular weight is 230 g/mol. The van der Waals surface area contributed by atoms with E-state index in [1.165, 1.54) is 32.1 Å². The average Bonchev–Trinajstić information content (AvgIpc) is 2.23. The summed E-state index contributed by atoms with van der Waals surface area (Å²) < 4.78 is 12.8. The number of ketones is 2. The van der Waals surface area contributed by atoms with Crippen LogP contribution in [0.1, 0.15) is 19.4 Å². The van der Waals surface area contributed by atoms with Crippen molar-refractivity contribution >= 4 is 11.6 Å². The number of allylic oxidation sites excluding steroid dienone is 2. The Bertz CT molecular complexity index is 529. The molecule has 0 radical (unpaired) electrons. The number of rotatable bonds is 2. The van der Waals surface area contributed by atoms with Gasteiger partial charge in [0, 0.05) is 11.6 Å². The molecular formula is C14H11FO2. The van der Waals surface area contributed by atoms with Crippen molar-refractivity contribution in [2.24, 2.45) is 0 Å². The normalized spacial score (nSPS) is 8.88. The second-order valence-corrected chi connectivity index (χ2v) is 3.45. The molecule has 0 saturated heterocycles. The summed E-state index contributed by atoms with van der Waals surface area (Å²) >= 11 is 0. The summed E-state index contributed by atoms with van der Waals surface area (Å²) in [4.78, 5) is 22.1. The molecular weight excluding hydrogens is 219 g/mol. The maximum atomic E-state index is 12.8. The van der Waals surface area contributed by atoms with Crippen molar-refractivity contribution in [1.29, 1.82) is 0 Å². The zero-order chi connectivity index (χ0) is 12.8. The standard InChI is InChI=1S/C14H11FO2/c1-10(16)14(11(2)17)8-4-6-12-5-3-7-13(15)9-12/h3,5,7-9H,1-2H3. The molecule has 0 aliphatic rings. The van der Waals surface area contributed by atoms with Gasteiger partial charge in [-0.3, -0.25) is 9.59 Å². The first-order chi connectivity index (χ1) is 8.00. The van der Waals surface area contributed by atoms with Gasteiger partial charge in [-0.25, -0.2) is 4.39 Å². The maximum Gasteiger partial charge on any atom is 0.164 e. The summed E-state index contributed by atoms with van der Waals surface area (Å²) in [6.45, 7) is 2.61. The Morgan fingerprint density at radius 1 is 1.24 bits per heavy atom. The van der Waals surface area contributed by atoms with Crippen molar-refractivity contribution in [2.75, 3.05) is 0 Å². The molecule has 0 aromatic heterocycles. The third-order valence-electron chi connectivity index (χ3n) is 2.02. The van der Waals surface area contributed by atoms with Crippen molar-refractivity contribution in [3.05, 3.63) is 47.3 Å². The lowest BCUT2D eigenvalue weighted by Gasteiger charge is -1.93. The third kappa shape index (κ3) is 4.04. The molecule has 0 heterocycles. The van der Waals surface area contributed by atoms with Crippen molar-refractivity contribution in [1.82, 2.24) is 0 Å². The Morgan fingerprint density at radius 2 is 1.88 bits per heavy atom. The van der Waals surface area contributed by atoms with Crippen LogP contribution in [-0.4, -0.2) is 11.6 Å². The van der Waals surface area contributed by atoms with Gasteiger partial charge in [0.05, 0.1) is 5.57 Å². The van der Waals surface area contributed by atoms with Crippen LogP contribution in [0, 0.1) is 17.7 Å². The SMILES string of the molecule is CC(=O)C(=CC#Cc1cccc(F)c1)C(C)=O. The topological polar surface area (TPSA) is 34.1 Å². The van der Waals surface area contributed by atoms with Crippen molar-refractivity contribution in [2.45, 2.75) is 13.8 Å². The number of benzene rings is 1. The number of carbonyl (C=O) groups excluding carboxylic acids is 2. The van der Waals surface area contributed by atoms with E-state index in [0.717, 1.165) is 0 Å². The zero-order valence-electron chi connectivity index (χ0n) is 9.58. The minimum Gasteiger partial charge on any atom is -0.294 e. The van der Waals surface area contributed by atoms with E-state index >= 15 is 0 Å². The summed E-state index contributed by atoms with van der Waals surface area (Å²) in [5.41, 5.74) is 0.543. The fourth-order valence-electron chi connectivity index (χ4n) is 1.21. The van der Waals surface area contributed by atoms with Crippen LogP contribution in [0.15, 0.2) is 35.9 Å². The van der Waals surface area contributed by atoms with Gasteiger partial charge in [-0.2, -0.15) is 0 Å². The van der Waals surface area contributed by atoms with Crippen LogP contribution in [0.2, 0.25) is 0 Å². The smallest absolute Gasteiger partial charge is 0.164 e. The summed E-state index contributed by atoms with van der Waals surface area (Å²) in [6.07, 6.45) is 1.26. The fourth-order valence-corrected chi connectivity index (χ4v) is 1.21. The van der Waals surface area contributed by atoms with Crippen LogP contribution in [0.5, 0.6) is 0 Å². The maximum absolute atomic E-state index is 12.8. The van der Waals surface area contributed by atoms with Crippen LogP contribution in [0.3, 0.4) is 0 Å². The molecule has 0 bridgehead atoms. The van der Waals surface area contributed by atoms with Gasteiger partial charge in [-0.05, 0) is 32.0 Å². The lowest BCUT2D eigenvalue weighted by Crippen LogP contribution is -2.05. The summed E-state index contributed by atoms with van der Waals surface area (Å²) in [7, 11) is 0. The van der Waals surface area contributed by atoms with Crippen molar-refractivity contribution in [3.63, 3.8) is 0 Å². The van der Waals surface area contributed by atoms with Gasteiger partial charge in [0.2, 0.25) is 0 Å². The molecule has 1 aromatic carbocycles. The van der Waals surface area contributed by atoms with Crippen LogP contribution in [0.4, 0.5) is 4.39 Å². The predicted molar refractivity (Wildman–Crippen MR) is 62.7 cm³/mol. The lowest BCUT2D eigenvalue weighted by molar-refractivity contribution is -0.119. The molecule has 1 rings (SSSR count). The summed E-state index contributed by atoms with van der Waals surface area (Å²) in [5, 5.41) is 0. The van der Waals surface area contributed by atoms with Gasteiger partial charge in [0.25, 0.3) is 0 Å². The molecule has 1 aromatic rings. The molecule has 0 aliphatic carbocycles. The number of hydrogen-bond donors (Lipinski definition) is 0. The molecule has 3 heteroatoms. The van der Waals surface area contributed by atoms with E-state index in [4.69, 9.17) is 0 Å². The van der Waals surface area contributed by atoms with Crippen LogP contribution >= 0.6 is 0 Å². The molecule has 0 unspecified atom stereocenters. The Kier molecular flexibility index (Phi) is 4.36. The van der Waals surface area contributed by atoms with Gasteiger partial charge < -0.3 is 0 Å². The molecule has 17 heavy (non-hydrogen) atoms. The van der Waals surface area contributed by atoms with Gasteiger partial charge >= 0.3 is 0 Å². The highest BCUT2D eigenvalue weighted by Gasteiger charge is 2.07. The Labute approximate surface area is 99.1 Å². The molecule has 0 N–H and O–H groups in total. The highest BCUT2D eigenvalue weighted by molar-refractivity contribution is 6.18. The Hall–Kier alpha value is -2.21. The van der Waals surface area contributed by atoms with E-state index < -0.39 is 0 Å². The van der Waals surface area contributed by atoms with E-state index in [2.05, 4.69) is 11.8 Å². The molecule has 0 fully saturated rings. The lowest BCUT2D eigenvalue weighted by atomic mass is 10.1. The van der Waals surface area contributed by atoms with E-state index in [9.17, 15) is 14.0 Å². The summed E-state index contributed by atoms with van der Waals surface area (Å²) in [6, 6.07) is 5.78.